The number of anilines is 1. The van der Waals surface area contributed by atoms with Gasteiger partial charge in [-0.1, -0.05) is 11.6 Å². The number of nitrogens with one attached hydrogen (secondary N) is 1. The molecule has 7 heteroatoms. The second-order valence-electron chi connectivity index (χ2n) is 4.80. The Morgan fingerprint density at radius 2 is 2.10 bits per heavy atom. The Hall–Kier alpha value is -1.95. The van der Waals surface area contributed by atoms with Gasteiger partial charge >= 0.3 is 0 Å². The SMILES string of the molecule is CC(C)n1ncc(NCc2cc(F)ccc2F)c(Cl)c1=O. The van der Waals surface area contributed by atoms with Gasteiger partial charge in [0.2, 0.25) is 0 Å². The van der Waals surface area contributed by atoms with E-state index in [4.69, 9.17) is 11.6 Å². The normalized spacial score (nSPS) is 11.0. The summed E-state index contributed by atoms with van der Waals surface area (Å²) in [4.78, 5) is 12.0. The van der Waals surface area contributed by atoms with Crippen molar-refractivity contribution in [1.82, 2.24) is 9.78 Å². The first-order valence-corrected chi connectivity index (χ1v) is 6.73. The molecule has 0 saturated carbocycles. The van der Waals surface area contributed by atoms with Gasteiger partial charge in [-0.15, -0.1) is 0 Å². The number of hydrogen-bond donors (Lipinski definition) is 1. The molecule has 1 aromatic heterocycles. The van der Waals surface area contributed by atoms with E-state index in [0.717, 1.165) is 18.2 Å². The van der Waals surface area contributed by atoms with Crippen LogP contribution in [0.5, 0.6) is 0 Å². The van der Waals surface area contributed by atoms with Crippen LogP contribution in [0, 0.1) is 11.6 Å². The van der Waals surface area contributed by atoms with Gasteiger partial charge in [-0.3, -0.25) is 4.79 Å². The molecule has 2 aromatic rings. The van der Waals surface area contributed by atoms with Crippen LogP contribution in [0.2, 0.25) is 5.02 Å². The lowest BCUT2D eigenvalue weighted by Gasteiger charge is -2.12. The standard InChI is InChI=1S/C14H14ClF2N3O/c1-8(2)20-14(21)13(15)12(7-19-20)18-6-9-5-10(16)3-4-11(9)17/h3-5,7-8,18H,6H2,1-2H3. The highest BCUT2D eigenvalue weighted by molar-refractivity contribution is 6.32. The van der Waals surface area contributed by atoms with E-state index >= 15 is 0 Å². The van der Waals surface area contributed by atoms with Gasteiger partial charge in [0.1, 0.15) is 16.7 Å². The first kappa shape index (κ1) is 15.4. The first-order chi connectivity index (χ1) is 9.90. The molecule has 0 spiro atoms. The zero-order valence-corrected chi connectivity index (χ0v) is 12.3. The van der Waals surface area contributed by atoms with E-state index in [-0.39, 0.29) is 28.9 Å². The fourth-order valence-electron chi connectivity index (χ4n) is 1.81. The fraction of sp³-hybridized carbons (Fsp3) is 0.286. The average Bonchev–Trinajstić information content (AvgIpc) is 2.43. The largest absolute Gasteiger partial charge is 0.378 e. The number of hydrogen-bond acceptors (Lipinski definition) is 3. The van der Waals surface area contributed by atoms with Gasteiger partial charge < -0.3 is 5.32 Å². The number of halogens is 3. The van der Waals surface area contributed by atoms with E-state index in [2.05, 4.69) is 10.4 Å². The smallest absolute Gasteiger partial charge is 0.287 e. The Labute approximate surface area is 125 Å². The molecule has 0 atom stereocenters. The summed E-state index contributed by atoms with van der Waals surface area (Å²) in [5.41, 5.74) is -0.0160. The molecule has 0 fully saturated rings. The van der Waals surface area contributed by atoms with Crippen molar-refractivity contribution in [1.29, 1.82) is 0 Å². The van der Waals surface area contributed by atoms with Crippen molar-refractivity contribution in [2.75, 3.05) is 5.32 Å². The highest BCUT2D eigenvalue weighted by Crippen LogP contribution is 2.18. The van der Waals surface area contributed by atoms with Crippen LogP contribution in [0.15, 0.2) is 29.2 Å². The summed E-state index contributed by atoms with van der Waals surface area (Å²) >= 11 is 5.98. The van der Waals surface area contributed by atoms with Gasteiger partial charge in [0.05, 0.1) is 17.9 Å². The van der Waals surface area contributed by atoms with Gasteiger partial charge in [0.15, 0.2) is 0 Å². The van der Waals surface area contributed by atoms with E-state index in [1.807, 2.05) is 0 Å². The van der Waals surface area contributed by atoms with Crippen LogP contribution in [0.4, 0.5) is 14.5 Å². The summed E-state index contributed by atoms with van der Waals surface area (Å²) in [6.07, 6.45) is 1.39. The topological polar surface area (TPSA) is 46.9 Å². The van der Waals surface area contributed by atoms with Crippen molar-refractivity contribution < 1.29 is 8.78 Å². The Morgan fingerprint density at radius 1 is 1.38 bits per heavy atom. The van der Waals surface area contributed by atoms with E-state index in [1.54, 1.807) is 13.8 Å². The second kappa shape index (κ2) is 6.22. The average molecular weight is 314 g/mol. The molecule has 0 aliphatic rings. The van der Waals surface area contributed by atoms with Gasteiger partial charge in [-0.05, 0) is 32.0 Å². The lowest BCUT2D eigenvalue weighted by molar-refractivity contribution is 0.503. The maximum atomic E-state index is 13.5. The number of rotatable bonds is 4. The predicted octanol–water partition coefficient (Wildman–Crippen LogP) is 3.37. The molecule has 0 unspecified atom stereocenters. The zero-order valence-electron chi connectivity index (χ0n) is 11.5. The molecule has 0 saturated heterocycles. The molecule has 1 N–H and O–H groups in total. The molecule has 112 valence electrons. The number of nitrogens with zero attached hydrogens (tertiary/aromatic N) is 2. The summed E-state index contributed by atoms with van der Waals surface area (Å²) in [5, 5.41) is 6.74. The quantitative estimate of drug-likeness (QED) is 0.941. The lowest BCUT2D eigenvalue weighted by atomic mass is 10.2. The molecule has 0 amide bonds. The summed E-state index contributed by atoms with van der Waals surface area (Å²) in [5.74, 6) is -1.07. The van der Waals surface area contributed by atoms with Crippen molar-refractivity contribution >= 4 is 17.3 Å². The van der Waals surface area contributed by atoms with E-state index in [1.165, 1.54) is 10.9 Å². The van der Waals surface area contributed by atoms with Crippen LogP contribution in [0.25, 0.3) is 0 Å². The first-order valence-electron chi connectivity index (χ1n) is 6.35. The minimum Gasteiger partial charge on any atom is -0.378 e. The molecule has 21 heavy (non-hydrogen) atoms. The van der Waals surface area contributed by atoms with Crippen LogP contribution in [0.1, 0.15) is 25.5 Å². The Morgan fingerprint density at radius 3 is 2.76 bits per heavy atom. The number of benzene rings is 1. The number of aromatic nitrogens is 2. The second-order valence-corrected chi connectivity index (χ2v) is 5.18. The van der Waals surface area contributed by atoms with Crippen molar-refractivity contribution in [2.24, 2.45) is 0 Å². The molecule has 1 heterocycles. The lowest BCUT2D eigenvalue weighted by Crippen LogP contribution is -2.25. The summed E-state index contributed by atoms with van der Waals surface area (Å²) < 4.78 is 27.8. The molecule has 0 aliphatic carbocycles. The van der Waals surface area contributed by atoms with Gasteiger partial charge in [0, 0.05) is 12.1 Å². The highest BCUT2D eigenvalue weighted by atomic mass is 35.5. The van der Waals surface area contributed by atoms with Gasteiger partial charge in [-0.2, -0.15) is 5.10 Å². The molecule has 0 radical (unpaired) electrons. The van der Waals surface area contributed by atoms with Crippen LogP contribution in [-0.4, -0.2) is 9.78 Å². The minimum absolute atomic E-state index is 0.00384. The predicted molar refractivity (Wildman–Crippen MR) is 77.6 cm³/mol. The van der Waals surface area contributed by atoms with Crippen molar-refractivity contribution in [2.45, 2.75) is 26.4 Å². The third-order valence-corrected chi connectivity index (χ3v) is 3.28. The molecule has 0 aliphatic heterocycles. The Kier molecular flexibility index (Phi) is 4.57. The van der Waals surface area contributed by atoms with Gasteiger partial charge in [-0.25, -0.2) is 13.5 Å². The van der Waals surface area contributed by atoms with Crippen LogP contribution in [0.3, 0.4) is 0 Å². The zero-order chi connectivity index (χ0) is 15.6. The molecule has 0 bridgehead atoms. The van der Waals surface area contributed by atoms with E-state index in [0.29, 0.717) is 0 Å². The fourth-order valence-corrected chi connectivity index (χ4v) is 2.01. The van der Waals surface area contributed by atoms with Crippen molar-refractivity contribution in [3.05, 3.63) is 57.0 Å². The third kappa shape index (κ3) is 3.39. The van der Waals surface area contributed by atoms with E-state index in [9.17, 15) is 13.6 Å². The highest BCUT2D eigenvalue weighted by Gasteiger charge is 2.12. The van der Waals surface area contributed by atoms with E-state index < -0.39 is 17.2 Å². The third-order valence-electron chi connectivity index (χ3n) is 2.91. The maximum absolute atomic E-state index is 13.5. The van der Waals surface area contributed by atoms with Crippen LogP contribution >= 0.6 is 11.6 Å². The minimum atomic E-state index is -0.538. The Balaban J connectivity index is 2.23. The molecule has 4 nitrogen and oxygen atoms in total. The molecule has 2 rings (SSSR count). The van der Waals surface area contributed by atoms with Crippen molar-refractivity contribution in [3.63, 3.8) is 0 Å². The van der Waals surface area contributed by atoms with Crippen LogP contribution in [-0.2, 0) is 6.54 Å². The molecular formula is C14H14ClF2N3O. The van der Waals surface area contributed by atoms with Gasteiger partial charge in [0.25, 0.3) is 5.56 Å². The molecular weight excluding hydrogens is 300 g/mol. The summed E-state index contributed by atoms with van der Waals surface area (Å²) in [6.45, 7) is 3.61. The summed E-state index contributed by atoms with van der Waals surface area (Å²) in [6, 6.07) is 3.05. The molecule has 1 aromatic carbocycles. The van der Waals surface area contributed by atoms with Crippen molar-refractivity contribution in [3.8, 4) is 0 Å². The Bertz CT molecular complexity index is 716. The maximum Gasteiger partial charge on any atom is 0.287 e. The summed E-state index contributed by atoms with van der Waals surface area (Å²) in [7, 11) is 0. The monoisotopic (exact) mass is 313 g/mol. The van der Waals surface area contributed by atoms with Crippen LogP contribution < -0.4 is 10.9 Å².